The number of hydrogen-bond acceptors (Lipinski definition) is 7. The van der Waals surface area contributed by atoms with E-state index in [4.69, 9.17) is 4.74 Å². The quantitative estimate of drug-likeness (QED) is 0.511. The van der Waals surface area contributed by atoms with Gasteiger partial charge in [-0.2, -0.15) is 4.68 Å². The van der Waals surface area contributed by atoms with E-state index < -0.39 is 21.7 Å². The fourth-order valence-corrected chi connectivity index (χ4v) is 3.63. The molecule has 3 rings (SSSR count). The van der Waals surface area contributed by atoms with Crippen LogP contribution in [-0.4, -0.2) is 54.8 Å². The summed E-state index contributed by atoms with van der Waals surface area (Å²) < 4.78 is 47.4. The van der Waals surface area contributed by atoms with Crippen LogP contribution in [0.4, 0.5) is 10.1 Å². The molecule has 3 aromatic rings. The number of anilines is 1. The van der Waals surface area contributed by atoms with Gasteiger partial charge in [-0.3, -0.25) is 4.79 Å². The van der Waals surface area contributed by atoms with Crippen LogP contribution in [0.2, 0.25) is 0 Å². The molecule has 0 saturated heterocycles. The first kappa shape index (κ1) is 21.5. The number of aromatic nitrogens is 4. The molecule has 0 aliphatic carbocycles. The number of nitrogens with zero attached hydrogens (tertiary/aromatic N) is 4. The van der Waals surface area contributed by atoms with Crippen LogP contribution in [0.25, 0.3) is 5.69 Å². The molecule has 0 atom stereocenters. The number of amides is 1. The molecule has 1 heterocycles. The zero-order valence-corrected chi connectivity index (χ0v) is 17.0. The highest BCUT2D eigenvalue weighted by Crippen LogP contribution is 2.20. The maximum absolute atomic E-state index is 14.2. The molecule has 30 heavy (non-hydrogen) atoms. The Kier molecular flexibility index (Phi) is 6.50. The van der Waals surface area contributed by atoms with E-state index in [0.717, 1.165) is 0 Å². The van der Waals surface area contributed by atoms with Gasteiger partial charge in [0.15, 0.2) is 5.82 Å². The first-order valence-corrected chi connectivity index (χ1v) is 10.2. The van der Waals surface area contributed by atoms with Crippen LogP contribution in [0.5, 0.6) is 0 Å². The molecule has 10 nitrogen and oxygen atoms in total. The van der Waals surface area contributed by atoms with Crippen molar-refractivity contribution in [1.29, 1.82) is 0 Å². The Balaban J connectivity index is 1.82. The lowest BCUT2D eigenvalue weighted by Crippen LogP contribution is -2.27. The van der Waals surface area contributed by atoms with E-state index in [-0.39, 0.29) is 29.3 Å². The summed E-state index contributed by atoms with van der Waals surface area (Å²) in [7, 11) is -2.37. The molecular weight excluding hydrogens is 415 g/mol. The summed E-state index contributed by atoms with van der Waals surface area (Å²) in [5, 5.41) is 13.5. The van der Waals surface area contributed by atoms with Crippen LogP contribution in [-0.2, 0) is 14.8 Å². The lowest BCUT2D eigenvalue weighted by Gasteiger charge is -2.11. The predicted octanol–water partition coefficient (Wildman–Crippen LogP) is 1.29. The van der Waals surface area contributed by atoms with E-state index in [1.807, 2.05) is 0 Å². The Bertz CT molecular complexity index is 1160. The minimum atomic E-state index is -3.82. The fraction of sp³-hybridized carbons (Fsp3) is 0.222. The van der Waals surface area contributed by atoms with E-state index in [1.54, 1.807) is 6.92 Å². The molecule has 0 saturated carbocycles. The molecule has 0 radical (unpaired) electrons. The summed E-state index contributed by atoms with van der Waals surface area (Å²) in [6.07, 6.45) is 0. The molecule has 0 aliphatic rings. The summed E-state index contributed by atoms with van der Waals surface area (Å²) in [5.41, 5.74) is 0.403. The molecule has 1 amide bonds. The number of hydrogen-bond donors (Lipinski definition) is 2. The van der Waals surface area contributed by atoms with Gasteiger partial charge in [-0.15, -0.1) is 5.10 Å². The normalized spacial score (nSPS) is 11.4. The van der Waals surface area contributed by atoms with Crippen molar-refractivity contribution in [3.8, 4) is 5.69 Å². The van der Waals surface area contributed by atoms with E-state index in [9.17, 15) is 17.6 Å². The van der Waals surface area contributed by atoms with Crippen LogP contribution in [0.3, 0.4) is 0 Å². The van der Waals surface area contributed by atoms with Crippen LogP contribution in [0.15, 0.2) is 47.4 Å². The molecule has 0 unspecified atom stereocenters. The Morgan fingerprint density at radius 1 is 1.23 bits per heavy atom. The van der Waals surface area contributed by atoms with E-state index in [2.05, 4.69) is 25.6 Å². The van der Waals surface area contributed by atoms with Crippen molar-refractivity contribution in [3.05, 3.63) is 59.7 Å². The van der Waals surface area contributed by atoms with Gasteiger partial charge in [0, 0.05) is 19.2 Å². The molecule has 2 aromatic carbocycles. The molecule has 0 bridgehead atoms. The maximum atomic E-state index is 14.2. The zero-order valence-electron chi connectivity index (χ0n) is 16.2. The van der Waals surface area contributed by atoms with Crippen molar-refractivity contribution in [3.63, 3.8) is 0 Å². The second-order valence-electron chi connectivity index (χ2n) is 6.17. The minimum absolute atomic E-state index is 0.0491. The number of carbonyl (C=O) groups is 1. The number of methoxy groups -OCH3 is 1. The number of carbonyl (C=O) groups excluding carboxylic acids is 1. The molecule has 0 fully saturated rings. The van der Waals surface area contributed by atoms with Crippen LogP contribution < -0.4 is 10.0 Å². The SMILES string of the molecule is COCCNS(=O)(=O)c1cccc(C(=O)Nc2cc(-n3nnnc3C)ccc2F)c1. The van der Waals surface area contributed by atoms with Crippen LogP contribution in [0.1, 0.15) is 16.2 Å². The smallest absolute Gasteiger partial charge is 0.255 e. The molecule has 158 valence electrons. The third-order valence-electron chi connectivity index (χ3n) is 4.07. The summed E-state index contributed by atoms with van der Waals surface area (Å²) in [6, 6.07) is 9.43. The van der Waals surface area contributed by atoms with Crippen molar-refractivity contribution >= 4 is 21.6 Å². The van der Waals surface area contributed by atoms with Crippen LogP contribution in [0, 0.1) is 12.7 Å². The van der Waals surface area contributed by atoms with Crippen molar-refractivity contribution in [2.45, 2.75) is 11.8 Å². The van der Waals surface area contributed by atoms with Crippen LogP contribution >= 0.6 is 0 Å². The van der Waals surface area contributed by atoms with Gasteiger partial charge in [-0.25, -0.2) is 17.5 Å². The summed E-state index contributed by atoms with van der Waals surface area (Å²) >= 11 is 0. The Labute approximate surface area is 172 Å². The Hall–Kier alpha value is -3.22. The average molecular weight is 434 g/mol. The number of tetrazole rings is 1. The van der Waals surface area contributed by atoms with Gasteiger partial charge in [-0.05, 0) is 53.7 Å². The maximum Gasteiger partial charge on any atom is 0.255 e. The fourth-order valence-electron chi connectivity index (χ4n) is 2.57. The second kappa shape index (κ2) is 9.07. The highest BCUT2D eigenvalue weighted by atomic mass is 32.2. The van der Waals surface area contributed by atoms with Gasteiger partial charge in [0.1, 0.15) is 5.82 Å². The average Bonchev–Trinajstić information content (AvgIpc) is 3.15. The first-order chi connectivity index (χ1) is 14.3. The largest absolute Gasteiger partial charge is 0.383 e. The third-order valence-corrected chi connectivity index (χ3v) is 5.53. The molecule has 0 spiro atoms. The van der Waals surface area contributed by atoms with Crippen molar-refractivity contribution in [1.82, 2.24) is 24.9 Å². The number of sulfonamides is 1. The molecule has 2 N–H and O–H groups in total. The van der Waals surface area contributed by atoms with Gasteiger partial charge in [-0.1, -0.05) is 6.07 Å². The monoisotopic (exact) mass is 434 g/mol. The standard InChI is InChI=1S/C18H19FN6O4S/c1-12-22-23-24-25(12)14-6-7-16(19)17(11-14)21-18(26)13-4-3-5-15(10-13)30(27,28)20-8-9-29-2/h3-7,10-11,20H,8-9H2,1-2H3,(H,21,26). The number of aryl methyl sites for hydroxylation is 1. The number of rotatable bonds is 8. The number of halogens is 1. The minimum Gasteiger partial charge on any atom is -0.383 e. The van der Waals surface area contributed by atoms with Gasteiger partial charge in [0.25, 0.3) is 5.91 Å². The van der Waals surface area contributed by atoms with Crippen molar-refractivity contribution in [2.24, 2.45) is 0 Å². The highest BCUT2D eigenvalue weighted by Gasteiger charge is 2.17. The summed E-state index contributed by atoms with van der Waals surface area (Å²) in [6.45, 7) is 1.97. The third kappa shape index (κ3) is 4.84. The Morgan fingerprint density at radius 2 is 2.03 bits per heavy atom. The number of ether oxygens (including phenoxy) is 1. The Morgan fingerprint density at radius 3 is 2.73 bits per heavy atom. The highest BCUT2D eigenvalue weighted by molar-refractivity contribution is 7.89. The van der Waals surface area contributed by atoms with Crippen molar-refractivity contribution in [2.75, 3.05) is 25.6 Å². The molecule has 12 heteroatoms. The first-order valence-electron chi connectivity index (χ1n) is 8.77. The molecular formula is C18H19FN6O4S. The molecule has 0 aliphatic heterocycles. The molecule has 1 aromatic heterocycles. The summed E-state index contributed by atoms with van der Waals surface area (Å²) in [5.74, 6) is -0.853. The van der Waals surface area contributed by atoms with E-state index in [1.165, 1.54) is 54.3 Å². The second-order valence-corrected chi connectivity index (χ2v) is 7.94. The van der Waals surface area contributed by atoms with Gasteiger partial charge in [0.2, 0.25) is 10.0 Å². The van der Waals surface area contributed by atoms with Gasteiger partial charge in [0.05, 0.1) is 22.9 Å². The lowest BCUT2D eigenvalue weighted by atomic mass is 10.2. The van der Waals surface area contributed by atoms with Gasteiger partial charge < -0.3 is 10.1 Å². The number of benzene rings is 2. The zero-order chi connectivity index (χ0) is 21.7. The van der Waals surface area contributed by atoms with Crippen molar-refractivity contribution < 1.29 is 22.3 Å². The summed E-state index contributed by atoms with van der Waals surface area (Å²) in [4.78, 5) is 12.5. The number of nitrogens with one attached hydrogen (secondary N) is 2. The topological polar surface area (TPSA) is 128 Å². The van der Waals surface area contributed by atoms with E-state index in [0.29, 0.717) is 11.5 Å². The predicted molar refractivity (Wildman–Crippen MR) is 105 cm³/mol. The van der Waals surface area contributed by atoms with Gasteiger partial charge >= 0.3 is 0 Å². The van der Waals surface area contributed by atoms with E-state index >= 15 is 0 Å². The lowest BCUT2D eigenvalue weighted by molar-refractivity contribution is 0.102.